The van der Waals surface area contributed by atoms with Gasteiger partial charge in [-0.3, -0.25) is 29.6 Å². The second-order valence-corrected chi connectivity index (χ2v) is 7.39. The minimum absolute atomic E-state index is 0.0497. The summed E-state index contributed by atoms with van der Waals surface area (Å²) in [5.74, 6) is -3.48. The van der Waals surface area contributed by atoms with E-state index in [0.29, 0.717) is 16.8 Å². The van der Waals surface area contributed by atoms with Gasteiger partial charge in [0.05, 0.1) is 25.1 Å². The molecular formula is C23H23N3O7. The second-order valence-electron chi connectivity index (χ2n) is 7.39. The lowest BCUT2D eigenvalue weighted by molar-refractivity contribution is -0.151. The lowest BCUT2D eigenvalue weighted by atomic mass is 10.1. The maximum absolute atomic E-state index is 12.4. The molecular weight excluding hydrogens is 430 g/mol. The van der Waals surface area contributed by atoms with Crippen LogP contribution in [0, 0.1) is 12.8 Å². The lowest BCUT2D eigenvalue weighted by Crippen LogP contribution is -2.43. The Kier molecular flexibility index (Phi) is 7.39. The highest BCUT2D eigenvalue weighted by atomic mass is 16.5. The van der Waals surface area contributed by atoms with Gasteiger partial charge < -0.3 is 14.8 Å². The summed E-state index contributed by atoms with van der Waals surface area (Å²) in [5, 5.41) is 3.62. The normalized spacial score (nSPS) is 15.0. The zero-order valence-corrected chi connectivity index (χ0v) is 18.1. The molecule has 1 atom stereocenters. The summed E-state index contributed by atoms with van der Waals surface area (Å²) in [6.07, 6.45) is -0.135. The van der Waals surface area contributed by atoms with Crippen molar-refractivity contribution in [2.75, 3.05) is 25.6 Å². The summed E-state index contributed by atoms with van der Waals surface area (Å²) in [4.78, 5) is 60.4. The third kappa shape index (κ3) is 5.94. The molecule has 1 aliphatic heterocycles. The molecule has 1 saturated heterocycles. The first kappa shape index (κ1) is 23.5. The van der Waals surface area contributed by atoms with Gasteiger partial charge in [0, 0.05) is 17.7 Å². The van der Waals surface area contributed by atoms with Crippen molar-refractivity contribution >= 4 is 35.3 Å². The van der Waals surface area contributed by atoms with E-state index in [1.165, 1.54) is 31.4 Å². The first-order chi connectivity index (χ1) is 15.8. The number of methoxy groups -OCH3 is 1. The van der Waals surface area contributed by atoms with Crippen LogP contribution in [0.3, 0.4) is 0 Å². The summed E-state index contributed by atoms with van der Waals surface area (Å²) in [7, 11) is 1.27. The standard InChI is InChI=1S/C23H23N3O7/c1-14-5-3-4-6-18(14)21(29)25-26-12-16(11-20(26)28)23(31)33-13-19(27)24-17-9-7-15(8-10-17)22(30)32-2/h3-10,16H,11-13H2,1-2H3,(H,24,27)(H,25,29)/t16-/m1/s1. The molecule has 0 radical (unpaired) electrons. The number of carbonyl (C=O) groups is 5. The topological polar surface area (TPSA) is 131 Å². The van der Waals surface area contributed by atoms with Gasteiger partial charge in [-0.1, -0.05) is 18.2 Å². The van der Waals surface area contributed by atoms with Crippen molar-refractivity contribution in [3.05, 3.63) is 65.2 Å². The van der Waals surface area contributed by atoms with Crippen LogP contribution in [0.5, 0.6) is 0 Å². The number of amides is 3. The van der Waals surface area contributed by atoms with Crippen LogP contribution < -0.4 is 10.7 Å². The van der Waals surface area contributed by atoms with E-state index in [1.54, 1.807) is 31.2 Å². The molecule has 10 nitrogen and oxygen atoms in total. The van der Waals surface area contributed by atoms with E-state index in [2.05, 4.69) is 15.5 Å². The third-order valence-electron chi connectivity index (χ3n) is 5.02. The third-order valence-corrected chi connectivity index (χ3v) is 5.02. The molecule has 10 heteroatoms. The number of hydrogen-bond acceptors (Lipinski definition) is 7. The predicted octanol–water partition coefficient (Wildman–Crippen LogP) is 1.46. The summed E-state index contributed by atoms with van der Waals surface area (Å²) >= 11 is 0. The van der Waals surface area contributed by atoms with Gasteiger partial charge in [0.2, 0.25) is 5.91 Å². The van der Waals surface area contributed by atoms with Crippen molar-refractivity contribution in [2.45, 2.75) is 13.3 Å². The van der Waals surface area contributed by atoms with E-state index >= 15 is 0 Å². The molecule has 2 aromatic rings. The fraction of sp³-hybridized carbons (Fsp3) is 0.261. The van der Waals surface area contributed by atoms with Gasteiger partial charge in [0.15, 0.2) is 6.61 Å². The molecule has 1 heterocycles. The number of carbonyl (C=O) groups excluding carboxylic acids is 5. The number of aryl methyl sites for hydroxylation is 1. The molecule has 3 rings (SSSR count). The molecule has 0 bridgehead atoms. The number of nitrogens with one attached hydrogen (secondary N) is 2. The highest BCUT2D eigenvalue weighted by Crippen LogP contribution is 2.18. The number of benzene rings is 2. The van der Waals surface area contributed by atoms with Crippen LogP contribution in [0.2, 0.25) is 0 Å². The molecule has 33 heavy (non-hydrogen) atoms. The molecule has 0 unspecified atom stereocenters. The van der Waals surface area contributed by atoms with Crippen LogP contribution in [0.1, 0.15) is 32.7 Å². The summed E-state index contributed by atoms with van der Waals surface area (Å²) < 4.78 is 9.63. The average molecular weight is 453 g/mol. The number of esters is 2. The van der Waals surface area contributed by atoms with Crippen molar-refractivity contribution in [3.63, 3.8) is 0 Å². The maximum atomic E-state index is 12.4. The van der Waals surface area contributed by atoms with Gasteiger partial charge in [-0.05, 0) is 42.8 Å². The number of nitrogens with zero attached hydrogens (tertiary/aromatic N) is 1. The van der Waals surface area contributed by atoms with Gasteiger partial charge in [0.1, 0.15) is 0 Å². The smallest absolute Gasteiger partial charge is 0.337 e. The zero-order chi connectivity index (χ0) is 24.0. The largest absolute Gasteiger partial charge is 0.465 e. The van der Waals surface area contributed by atoms with Crippen LogP contribution in [-0.2, 0) is 23.9 Å². The molecule has 1 fully saturated rings. The summed E-state index contributed by atoms with van der Waals surface area (Å²) in [6, 6.07) is 12.9. The van der Waals surface area contributed by atoms with Crippen LogP contribution in [0.25, 0.3) is 0 Å². The molecule has 3 amide bonds. The molecule has 0 aromatic heterocycles. The minimum Gasteiger partial charge on any atom is -0.465 e. The fourth-order valence-corrected chi connectivity index (χ4v) is 3.24. The Hall–Kier alpha value is -4.21. The first-order valence-corrected chi connectivity index (χ1v) is 10.1. The van der Waals surface area contributed by atoms with E-state index in [4.69, 9.17) is 4.74 Å². The Morgan fingerprint density at radius 3 is 2.42 bits per heavy atom. The monoisotopic (exact) mass is 453 g/mol. The maximum Gasteiger partial charge on any atom is 0.337 e. The summed E-state index contributed by atoms with van der Waals surface area (Å²) in [6.45, 7) is 1.18. The van der Waals surface area contributed by atoms with Crippen molar-refractivity contribution in [1.82, 2.24) is 10.4 Å². The molecule has 0 spiro atoms. The van der Waals surface area contributed by atoms with E-state index < -0.39 is 42.2 Å². The number of rotatable bonds is 7. The number of hydrogen-bond donors (Lipinski definition) is 2. The molecule has 1 aliphatic rings. The Morgan fingerprint density at radius 2 is 1.76 bits per heavy atom. The predicted molar refractivity (Wildman–Crippen MR) is 116 cm³/mol. The van der Waals surface area contributed by atoms with Crippen molar-refractivity contribution in [3.8, 4) is 0 Å². The zero-order valence-electron chi connectivity index (χ0n) is 18.1. The molecule has 2 aromatic carbocycles. The lowest BCUT2D eigenvalue weighted by Gasteiger charge is -2.18. The Morgan fingerprint density at radius 1 is 1.06 bits per heavy atom. The highest BCUT2D eigenvalue weighted by molar-refractivity contribution is 5.98. The number of hydrazine groups is 1. The fourth-order valence-electron chi connectivity index (χ4n) is 3.24. The van der Waals surface area contributed by atoms with Crippen LogP contribution in [0.4, 0.5) is 5.69 Å². The van der Waals surface area contributed by atoms with E-state index in [9.17, 15) is 24.0 Å². The van der Waals surface area contributed by atoms with Gasteiger partial charge in [-0.25, -0.2) is 4.79 Å². The number of anilines is 1. The quantitative estimate of drug-likeness (QED) is 0.607. The minimum atomic E-state index is -0.804. The number of ether oxygens (including phenoxy) is 2. The molecule has 172 valence electrons. The van der Waals surface area contributed by atoms with E-state index in [-0.39, 0.29) is 13.0 Å². The summed E-state index contributed by atoms with van der Waals surface area (Å²) in [5.41, 5.74) is 4.42. The van der Waals surface area contributed by atoms with E-state index in [0.717, 1.165) is 10.6 Å². The van der Waals surface area contributed by atoms with Crippen LogP contribution in [0.15, 0.2) is 48.5 Å². The Balaban J connectivity index is 1.47. The van der Waals surface area contributed by atoms with Crippen LogP contribution >= 0.6 is 0 Å². The highest BCUT2D eigenvalue weighted by Gasteiger charge is 2.36. The van der Waals surface area contributed by atoms with Gasteiger partial charge in [-0.2, -0.15) is 0 Å². The molecule has 2 N–H and O–H groups in total. The van der Waals surface area contributed by atoms with Gasteiger partial charge >= 0.3 is 11.9 Å². The van der Waals surface area contributed by atoms with Gasteiger partial charge in [-0.15, -0.1) is 0 Å². The Labute approximate surface area is 189 Å². The Bertz CT molecular complexity index is 1080. The SMILES string of the molecule is COC(=O)c1ccc(NC(=O)COC(=O)[C@@H]2CC(=O)N(NC(=O)c3ccccc3C)C2)cc1. The van der Waals surface area contributed by atoms with Crippen molar-refractivity contribution < 1.29 is 33.4 Å². The first-order valence-electron chi connectivity index (χ1n) is 10.1. The van der Waals surface area contributed by atoms with Gasteiger partial charge in [0.25, 0.3) is 11.8 Å². The second kappa shape index (κ2) is 10.4. The van der Waals surface area contributed by atoms with E-state index in [1.807, 2.05) is 0 Å². The van der Waals surface area contributed by atoms with Crippen LogP contribution in [-0.4, -0.2) is 54.9 Å². The van der Waals surface area contributed by atoms with Crippen molar-refractivity contribution in [2.24, 2.45) is 5.92 Å². The average Bonchev–Trinajstić information content (AvgIpc) is 3.17. The molecule has 0 saturated carbocycles. The molecule has 0 aliphatic carbocycles. The van der Waals surface area contributed by atoms with Crippen molar-refractivity contribution in [1.29, 1.82) is 0 Å².